The van der Waals surface area contributed by atoms with Gasteiger partial charge < -0.3 is 14.8 Å². The number of amides is 1. The van der Waals surface area contributed by atoms with Gasteiger partial charge in [0.1, 0.15) is 17.1 Å². The van der Waals surface area contributed by atoms with Crippen LogP contribution in [0.25, 0.3) is 0 Å². The first-order valence-electron chi connectivity index (χ1n) is 9.16. The minimum absolute atomic E-state index is 0.0153. The minimum atomic E-state index is -0.297. The van der Waals surface area contributed by atoms with Gasteiger partial charge in [-0.05, 0) is 50.1 Å². The molecule has 5 heteroatoms. The molecule has 1 N–H and O–H groups in total. The second kappa shape index (κ2) is 8.26. The summed E-state index contributed by atoms with van der Waals surface area (Å²) in [6, 6.07) is 14.1. The van der Waals surface area contributed by atoms with Crippen LogP contribution in [0.4, 0.5) is 0 Å². The fourth-order valence-electron chi connectivity index (χ4n) is 3.31. The van der Waals surface area contributed by atoms with Crippen LogP contribution in [-0.4, -0.2) is 24.4 Å². The number of fused-ring (bicyclic) bond motifs is 1. The van der Waals surface area contributed by atoms with E-state index >= 15 is 0 Å². The van der Waals surface area contributed by atoms with Crippen LogP contribution in [0.5, 0.6) is 11.5 Å². The molecule has 2 aromatic carbocycles. The zero-order chi connectivity index (χ0) is 19.4. The number of ether oxygens (including phenoxy) is 2. The van der Waals surface area contributed by atoms with Gasteiger partial charge in [0.15, 0.2) is 0 Å². The molecule has 27 heavy (non-hydrogen) atoms. The normalized spacial score (nSPS) is 17.6. The molecule has 0 fully saturated rings. The van der Waals surface area contributed by atoms with Crippen molar-refractivity contribution < 1.29 is 14.3 Å². The Labute approximate surface area is 165 Å². The minimum Gasteiger partial charge on any atom is -0.497 e. The first-order valence-corrected chi connectivity index (χ1v) is 10.3. The summed E-state index contributed by atoms with van der Waals surface area (Å²) in [6.07, 6.45) is 0.762. The van der Waals surface area contributed by atoms with Gasteiger partial charge >= 0.3 is 0 Å². The monoisotopic (exact) mass is 385 g/mol. The number of carbonyl (C=O) groups excluding carboxylic acids is 1. The molecule has 4 nitrogen and oxygen atoms in total. The molecule has 144 valence electrons. The summed E-state index contributed by atoms with van der Waals surface area (Å²) < 4.78 is 11.3. The van der Waals surface area contributed by atoms with E-state index in [1.807, 2.05) is 30.3 Å². The molecule has 0 aliphatic carbocycles. The summed E-state index contributed by atoms with van der Waals surface area (Å²) in [5.41, 5.74) is 3.11. The van der Waals surface area contributed by atoms with Crippen LogP contribution in [0.1, 0.15) is 43.0 Å². The van der Waals surface area contributed by atoms with Gasteiger partial charge in [0.05, 0.1) is 18.9 Å². The average Bonchev–Trinajstić information content (AvgIpc) is 2.61. The van der Waals surface area contributed by atoms with Crippen LogP contribution >= 0.6 is 11.8 Å². The van der Waals surface area contributed by atoms with E-state index in [9.17, 15) is 4.79 Å². The fourth-order valence-corrected chi connectivity index (χ4v) is 4.11. The molecule has 0 aromatic heterocycles. The summed E-state index contributed by atoms with van der Waals surface area (Å²) in [5.74, 6) is 3.01. The Bertz CT molecular complexity index is 802. The molecule has 1 aliphatic rings. The molecular formula is C22H27NO3S. The maximum absolute atomic E-state index is 12.5. The van der Waals surface area contributed by atoms with E-state index in [2.05, 4.69) is 38.2 Å². The predicted molar refractivity (Wildman–Crippen MR) is 111 cm³/mol. The average molecular weight is 386 g/mol. The van der Waals surface area contributed by atoms with Gasteiger partial charge in [-0.3, -0.25) is 4.79 Å². The summed E-state index contributed by atoms with van der Waals surface area (Å²) in [5, 5.41) is 3.19. The second-order valence-corrected chi connectivity index (χ2v) is 8.55. The Morgan fingerprint density at radius 2 is 2.00 bits per heavy atom. The molecule has 1 heterocycles. The van der Waals surface area contributed by atoms with Crippen molar-refractivity contribution in [3.05, 3.63) is 59.2 Å². The number of aryl methyl sites for hydroxylation is 1. The fraction of sp³-hybridized carbons (Fsp3) is 0.409. The maximum atomic E-state index is 12.5. The quantitative estimate of drug-likeness (QED) is 0.786. The van der Waals surface area contributed by atoms with Gasteiger partial charge in [0, 0.05) is 17.7 Å². The second-order valence-electron chi connectivity index (χ2n) is 7.57. The van der Waals surface area contributed by atoms with E-state index in [1.165, 1.54) is 5.56 Å². The van der Waals surface area contributed by atoms with E-state index in [0.29, 0.717) is 5.75 Å². The lowest BCUT2D eigenvalue weighted by atomic mass is 9.89. The lowest BCUT2D eigenvalue weighted by Gasteiger charge is -2.38. The Balaban J connectivity index is 1.57. The zero-order valence-corrected chi connectivity index (χ0v) is 17.2. The highest BCUT2D eigenvalue weighted by Gasteiger charge is 2.34. The molecule has 1 amide bonds. The van der Waals surface area contributed by atoms with Crippen LogP contribution in [0, 0.1) is 6.92 Å². The van der Waals surface area contributed by atoms with Gasteiger partial charge in [0.2, 0.25) is 5.91 Å². The van der Waals surface area contributed by atoms with Crippen LogP contribution in [0.2, 0.25) is 0 Å². The molecule has 0 saturated heterocycles. The Kier molecular flexibility index (Phi) is 6.00. The van der Waals surface area contributed by atoms with E-state index in [-0.39, 0.29) is 17.6 Å². The molecule has 0 bridgehead atoms. The SMILES string of the molecule is COc1ccc(CSCC(=O)N[C@H]2CC(C)(C)Oc3cc(C)ccc32)cc1. The Morgan fingerprint density at radius 3 is 2.70 bits per heavy atom. The number of thioether (sulfide) groups is 1. The van der Waals surface area contributed by atoms with Crippen molar-refractivity contribution in [2.45, 2.75) is 44.6 Å². The number of benzene rings is 2. The van der Waals surface area contributed by atoms with Gasteiger partial charge in [-0.1, -0.05) is 24.3 Å². The lowest BCUT2D eigenvalue weighted by molar-refractivity contribution is -0.119. The summed E-state index contributed by atoms with van der Waals surface area (Å²) >= 11 is 1.62. The smallest absolute Gasteiger partial charge is 0.230 e. The third-order valence-electron chi connectivity index (χ3n) is 4.62. The van der Waals surface area contributed by atoms with E-state index in [0.717, 1.165) is 34.8 Å². The number of hydrogen-bond donors (Lipinski definition) is 1. The number of nitrogens with one attached hydrogen (secondary N) is 1. The van der Waals surface area contributed by atoms with Crippen LogP contribution < -0.4 is 14.8 Å². The van der Waals surface area contributed by atoms with Gasteiger partial charge in [-0.15, -0.1) is 11.8 Å². The van der Waals surface area contributed by atoms with Crippen molar-refractivity contribution in [1.82, 2.24) is 5.32 Å². The van der Waals surface area contributed by atoms with Gasteiger partial charge in [-0.25, -0.2) is 0 Å². The maximum Gasteiger partial charge on any atom is 0.230 e. The van der Waals surface area contributed by atoms with Crippen LogP contribution in [0.3, 0.4) is 0 Å². The van der Waals surface area contributed by atoms with E-state index in [1.54, 1.807) is 18.9 Å². The Morgan fingerprint density at radius 1 is 1.26 bits per heavy atom. The standard InChI is InChI=1S/C22H27NO3S/c1-15-5-10-18-19(12-22(2,3)26-20(18)11-15)23-21(24)14-27-13-16-6-8-17(25-4)9-7-16/h5-11,19H,12-14H2,1-4H3,(H,23,24)/t19-/m0/s1. The highest BCUT2D eigenvalue weighted by Crippen LogP contribution is 2.39. The molecule has 0 saturated carbocycles. The molecule has 0 radical (unpaired) electrons. The largest absolute Gasteiger partial charge is 0.497 e. The highest BCUT2D eigenvalue weighted by atomic mass is 32.2. The highest BCUT2D eigenvalue weighted by molar-refractivity contribution is 7.99. The molecule has 3 rings (SSSR count). The molecule has 0 spiro atoms. The van der Waals surface area contributed by atoms with Crippen molar-refractivity contribution in [2.24, 2.45) is 0 Å². The van der Waals surface area contributed by atoms with Crippen molar-refractivity contribution in [3.8, 4) is 11.5 Å². The first kappa shape index (κ1) is 19.6. The summed E-state index contributed by atoms with van der Waals surface area (Å²) in [7, 11) is 1.66. The van der Waals surface area contributed by atoms with Gasteiger partial charge in [-0.2, -0.15) is 0 Å². The van der Waals surface area contributed by atoms with Crippen molar-refractivity contribution in [3.63, 3.8) is 0 Å². The van der Waals surface area contributed by atoms with Gasteiger partial charge in [0.25, 0.3) is 0 Å². The molecule has 1 aliphatic heterocycles. The van der Waals surface area contributed by atoms with Crippen molar-refractivity contribution in [1.29, 1.82) is 0 Å². The predicted octanol–water partition coefficient (Wildman–Crippen LogP) is 4.66. The number of methoxy groups -OCH3 is 1. The summed E-state index contributed by atoms with van der Waals surface area (Å²) in [4.78, 5) is 12.5. The first-order chi connectivity index (χ1) is 12.9. The molecule has 1 atom stereocenters. The topological polar surface area (TPSA) is 47.6 Å². The third-order valence-corrected chi connectivity index (χ3v) is 5.63. The zero-order valence-electron chi connectivity index (χ0n) is 16.4. The van der Waals surface area contributed by atoms with E-state index in [4.69, 9.17) is 9.47 Å². The number of hydrogen-bond acceptors (Lipinski definition) is 4. The number of rotatable bonds is 6. The van der Waals surface area contributed by atoms with Crippen molar-refractivity contribution in [2.75, 3.05) is 12.9 Å². The molecular weight excluding hydrogens is 358 g/mol. The number of carbonyl (C=O) groups is 1. The lowest BCUT2D eigenvalue weighted by Crippen LogP contribution is -2.41. The van der Waals surface area contributed by atoms with Crippen LogP contribution in [-0.2, 0) is 10.5 Å². The molecule has 0 unspecified atom stereocenters. The third kappa shape index (κ3) is 5.19. The van der Waals surface area contributed by atoms with Crippen LogP contribution in [0.15, 0.2) is 42.5 Å². The van der Waals surface area contributed by atoms with E-state index < -0.39 is 0 Å². The molecule has 2 aromatic rings. The Hall–Kier alpha value is -2.14. The van der Waals surface area contributed by atoms with Crippen molar-refractivity contribution >= 4 is 17.7 Å². The summed E-state index contributed by atoms with van der Waals surface area (Å²) in [6.45, 7) is 6.18.